The summed E-state index contributed by atoms with van der Waals surface area (Å²) in [5.74, 6) is 0.0925. The van der Waals surface area contributed by atoms with Gasteiger partial charge in [0.1, 0.15) is 0 Å². The number of carbonyl (C=O) groups excluding carboxylic acids is 1. The minimum Gasteiger partial charge on any atom is -0.396 e. The number of nitrogens with one attached hydrogen (secondary N) is 2. The van der Waals surface area contributed by atoms with Gasteiger partial charge in [-0.2, -0.15) is 5.10 Å². The molecule has 0 aromatic carbocycles. The maximum Gasteiger partial charge on any atom is 0.254 e. The number of amides is 1. The molecule has 0 spiro atoms. The van der Waals surface area contributed by atoms with Gasteiger partial charge >= 0.3 is 0 Å². The van der Waals surface area contributed by atoms with E-state index >= 15 is 0 Å². The Hall–Kier alpha value is -1.36. The molecule has 1 aromatic rings. The minimum atomic E-state index is -0.117. The Kier molecular flexibility index (Phi) is 3.01. The SMILES string of the molecule is O=C(NC1CCCC1CO)c1cn[nH]c1. The smallest absolute Gasteiger partial charge is 0.254 e. The molecule has 2 atom stereocenters. The summed E-state index contributed by atoms with van der Waals surface area (Å²) in [7, 11) is 0. The third-order valence-corrected chi connectivity index (χ3v) is 2.97. The van der Waals surface area contributed by atoms with Crippen LogP contribution in [0.3, 0.4) is 0 Å². The van der Waals surface area contributed by atoms with Crippen LogP contribution in [-0.4, -0.2) is 33.9 Å². The molecule has 1 heterocycles. The van der Waals surface area contributed by atoms with Gasteiger partial charge in [-0.25, -0.2) is 0 Å². The molecule has 3 N–H and O–H groups in total. The van der Waals surface area contributed by atoms with Gasteiger partial charge in [-0.3, -0.25) is 9.89 Å². The highest BCUT2D eigenvalue weighted by atomic mass is 16.3. The zero-order valence-electron chi connectivity index (χ0n) is 8.44. The molecule has 2 unspecified atom stereocenters. The van der Waals surface area contributed by atoms with E-state index in [0.29, 0.717) is 5.56 Å². The largest absolute Gasteiger partial charge is 0.396 e. The van der Waals surface area contributed by atoms with Crippen molar-refractivity contribution in [3.63, 3.8) is 0 Å². The maximum atomic E-state index is 11.7. The van der Waals surface area contributed by atoms with E-state index in [1.54, 1.807) is 6.20 Å². The van der Waals surface area contributed by atoms with E-state index in [2.05, 4.69) is 15.5 Å². The quantitative estimate of drug-likeness (QED) is 0.670. The van der Waals surface area contributed by atoms with Crippen molar-refractivity contribution >= 4 is 5.91 Å². The Morgan fingerprint density at radius 3 is 3.20 bits per heavy atom. The average molecular weight is 209 g/mol. The number of aliphatic hydroxyl groups is 1. The molecular weight excluding hydrogens is 194 g/mol. The van der Waals surface area contributed by atoms with Crippen LogP contribution in [0.2, 0.25) is 0 Å². The molecule has 5 nitrogen and oxygen atoms in total. The molecule has 15 heavy (non-hydrogen) atoms. The van der Waals surface area contributed by atoms with E-state index in [-0.39, 0.29) is 24.5 Å². The third kappa shape index (κ3) is 2.18. The second-order valence-electron chi connectivity index (χ2n) is 3.94. The zero-order chi connectivity index (χ0) is 10.7. The lowest BCUT2D eigenvalue weighted by Crippen LogP contribution is -2.38. The summed E-state index contributed by atoms with van der Waals surface area (Å²) in [4.78, 5) is 11.7. The van der Waals surface area contributed by atoms with E-state index in [1.165, 1.54) is 6.20 Å². The molecule has 1 aliphatic carbocycles. The van der Waals surface area contributed by atoms with Crippen LogP contribution in [0.15, 0.2) is 12.4 Å². The van der Waals surface area contributed by atoms with Gasteiger partial charge in [-0.1, -0.05) is 6.42 Å². The van der Waals surface area contributed by atoms with Crippen molar-refractivity contribution in [2.75, 3.05) is 6.61 Å². The number of aromatic amines is 1. The van der Waals surface area contributed by atoms with E-state index in [0.717, 1.165) is 19.3 Å². The van der Waals surface area contributed by atoms with E-state index in [1.807, 2.05) is 0 Å². The van der Waals surface area contributed by atoms with Gasteiger partial charge in [0.2, 0.25) is 0 Å². The highest BCUT2D eigenvalue weighted by Crippen LogP contribution is 2.25. The molecule has 0 radical (unpaired) electrons. The number of hydrogen-bond donors (Lipinski definition) is 3. The van der Waals surface area contributed by atoms with Gasteiger partial charge in [-0.05, 0) is 12.8 Å². The number of carbonyl (C=O) groups is 1. The van der Waals surface area contributed by atoms with Gasteiger partial charge in [0, 0.05) is 24.8 Å². The van der Waals surface area contributed by atoms with Gasteiger partial charge < -0.3 is 10.4 Å². The summed E-state index contributed by atoms with van der Waals surface area (Å²) in [5.41, 5.74) is 0.540. The van der Waals surface area contributed by atoms with Crippen molar-refractivity contribution in [2.45, 2.75) is 25.3 Å². The van der Waals surface area contributed by atoms with E-state index in [4.69, 9.17) is 5.11 Å². The molecule has 1 saturated carbocycles. The van der Waals surface area contributed by atoms with Gasteiger partial charge in [0.15, 0.2) is 0 Å². The standard InChI is InChI=1S/C10H15N3O2/c14-6-7-2-1-3-9(7)13-10(15)8-4-11-12-5-8/h4-5,7,9,14H,1-3,6H2,(H,11,12)(H,13,15). The summed E-state index contributed by atoms with van der Waals surface area (Å²) >= 11 is 0. The molecule has 0 aliphatic heterocycles. The Morgan fingerprint density at radius 1 is 1.67 bits per heavy atom. The molecule has 1 aromatic heterocycles. The molecule has 0 bridgehead atoms. The van der Waals surface area contributed by atoms with E-state index < -0.39 is 0 Å². The zero-order valence-corrected chi connectivity index (χ0v) is 8.44. The predicted molar refractivity (Wildman–Crippen MR) is 54.3 cm³/mol. The number of aromatic nitrogens is 2. The molecule has 82 valence electrons. The van der Waals surface area contributed by atoms with Crippen molar-refractivity contribution < 1.29 is 9.90 Å². The van der Waals surface area contributed by atoms with Crippen molar-refractivity contribution in [2.24, 2.45) is 5.92 Å². The maximum absolute atomic E-state index is 11.7. The molecule has 1 fully saturated rings. The summed E-state index contributed by atoms with van der Waals surface area (Å²) in [6.07, 6.45) is 6.08. The second kappa shape index (κ2) is 4.44. The summed E-state index contributed by atoms with van der Waals surface area (Å²) in [6.45, 7) is 0.149. The number of hydrogen-bond acceptors (Lipinski definition) is 3. The van der Waals surface area contributed by atoms with Crippen LogP contribution in [0.1, 0.15) is 29.6 Å². The molecule has 5 heteroatoms. The van der Waals surface area contributed by atoms with Crippen LogP contribution in [0.5, 0.6) is 0 Å². The normalized spacial score (nSPS) is 25.4. The van der Waals surface area contributed by atoms with Crippen LogP contribution < -0.4 is 5.32 Å². The monoisotopic (exact) mass is 209 g/mol. The highest BCUT2D eigenvalue weighted by Gasteiger charge is 2.28. The topological polar surface area (TPSA) is 78.0 Å². The van der Waals surface area contributed by atoms with Crippen molar-refractivity contribution in [1.29, 1.82) is 0 Å². The second-order valence-corrected chi connectivity index (χ2v) is 3.94. The van der Waals surface area contributed by atoms with Crippen LogP contribution in [0, 0.1) is 5.92 Å². The third-order valence-electron chi connectivity index (χ3n) is 2.97. The average Bonchev–Trinajstić information content (AvgIpc) is 2.87. The van der Waals surface area contributed by atoms with Crippen LogP contribution in [0.4, 0.5) is 0 Å². The van der Waals surface area contributed by atoms with Gasteiger partial charge in [0.25, 0.3) is 5.91 Å². The van der Waals surface area contributed by atoms with Crippen LogP contribution >= 0.6 is 0 Å². The number of nitrogens with zero attached hydrogens (tertiary/aromatic N) is 1. The molecule has 1 aliphatic rings. The van der Waals surface area contributed by atoms with Gasteiger partial charge in [0.05, 0.1) is 11.8 Å². The lowest BCUT2D eigenvalue weighted by Gasteiger charge is -2.18. The fourth-order valence-corrected chi connectivity index (χ4v) is 2.07. The first kappa shape index (κ1) is 10.2. The van der Waals surface area contributed by atoms with E-state index in [9.17, 15) is 4.79 Å². The first-order chi connectivity index (χ1) is 7.31. The number of H-pyrrole nitrogens is 1. The Morgan fingerprint density at radius 2 is 2.53 bits per heavy atom. The number of rotatable bonds is 3. The first-order valence-electron chi connectivity index (χ1n) is 5.21. The van der Waals surface area contributed by atoms with Crippen molar-refractivity contribution in [1.82, 2.24) is 15.5 Å². The van der Waals surface area contributed by atoms with Crippen LogP contribution in [0.25, 0.3) is 0 Å². The Labute approximate surface area is 87.9 Å². The number of aliphatic hydroxyl groups excluding tert-OH is 1. The fourth-order valence-electron chi connectivity index (χ4n) is 2.07. The Bertz CT molecular complexity index is 323. The fraction of sp³-hybridized carbons (Fsp3) is 0.600. The predicted octanol–water partition coefficient (Wildman–Crippen LogP) is 0.300. The first-order valence-corrected chi connectivity index (χ1v) is 5.21. The molecule has 2 rings (SSSR count). The lowest BCUT2D eigenvalue weighted by molar-refractivity contribution is 0.0916. The summed E-state index contributed by atoms with van der Waals surface area (Å²) in [5, 5.41) is 18.4. The Balaban J connectivity index is 1.94. The van der Waals surface area contributed by atoms with Gasteiger partial charge in [-0.15, -0.1) is 0 Å². The summed E-state index contributed by atoms with van der Waals surface area (Å²) < 4.78 is 0. The highest BCUT2D eigenvalue weighted by molar-refractivity contribution is 5.93. The molecular formula is C10H15N3O2. The molecule has 1 amide bonds. The van der Waals surface area contributed by atoms with Crippen molar-refractivity contribution in [3.05, 3.63) is 18.0 Å². The van der Waals surface area contributed by atoms with Crippen molar-refractivity contribution in [3.8, 4) is 0 Å². The lowest BCUT2D eigenvalue weighted by atomic mass is 10.0. The summed E-state index contributed by atoms with van der Waals surface area (Å²) in [6, 6.07) is 0.109. The molecule has 0 saturated heterocycles. The van der Waals surface area contributed by atoms with Crippen LogP contribution in [-0.2, 0) is 0 Å². The minimum absolute atomic E-state index is 0.109.